The summed E-state index contributed by atoms with van der Waals surface area (Å²) in [5.74, 6) is 1.02. The Balaban J connectivity index is 1.25. The molecule has 1 aromatic rings. The standard InChI is InChI=1S/C19H27N5O/c1-20-19(22-15-8-10-23(13-15)16-6-7-16)21-9-11-24-17-5-3-2-4-14(17)12-18(24)25/h2-5,15-16H,6-13H2,1H3,(H2,20,21,22). The number of likely N-dealkylation sites (tertiary alicyclic amines) is 1. The van der Waals surface area contributed by atoms with Crippen molar-refractivity contribution in [2.24, 2.45) is 4.99 Å². The molecule has 0 bridgehead atoms. The number of guanidine groups is 1. The highest BCUT2D eigenvalue weighted by molar-refractivity contribution is 6.01. The van der Waals surface area contributed by atoms with Gasteiger partial charge in [0.05, 0.1) is 6.42 Å². The third kappa shape index (κ3) is 3.63. The van der Waals surface area contributed by atoms with E-state index in [2.05, 4.69) is 20.5 Å². The number of carbonyl (C=O) groups is 1. The van der Waals surface area contributed by atoms with Crippen LogP contribution in [0.3, 0.4) is 0 Å². The molecule has 1 amide bonds. The van der Waals surface area contributed by atoms with Crippen molar-refractivity contribution in [2.75, 3.05) is 38.1 Å². The number of amides is 1. The summed E-state index contributed by atoms with van der Waals surface area (Å²) < 4.78 is 0. The number of aliphatic imine (C=N–C) groups is 1. The number of hydrogen-bond acceptors (Lipinski definition) is 3. The maximum absolute atomic E-state index is 12.2. The third-order valence-corrected chi connectivity index (χ3v) is 5.40. The van der Waals surface area contributed by atoms with Gasteiger partial charge in [-0.2, -0.15) is 0 Å². The lowest BCUT2D eigenvalue weighted by atomic mass is 10.2. The minimum absolute atomic E-state index is 0.182. The first-order valence-corrected chi connectivity index (χ1v) is 9.34. The van der Waals surface area contributed by atoms with Crippen molar-refractivity contribution in [3.63, 3.8) is 0 Å². The molecule has 6 nitrogen and oxygen atoms in total. The first-order valence-electron chi connectivity index (χ1n) is 9.34. The van der Waals surface area contributed by atoms with Gasteiger partial charge in [0, 0.05) is 51.0 Å². The molecular weight excluding hydrogens is 314 g/mol. The Kier molecular flexibility index (Phi) is 4.61. The van der Waals surface area contributed by atoms with E-state index in [1.165, 1.54) is 25.8 Å². The maximum Gasteiger partial charge on any atom is 0.231 e. The highest BCUT2D eigenvalue weighted by Crippen LogP contribution is 2.30. The molecule has 2 heterocycles. The molecule has 1 saturated heterocycles. The normalized spacial score (nSPS) is 23.9. The number of rotatable bonds is 5. The van der Waals surface area contributed by atoms with Crippen LogP contribution in [0.2, 0.25) is 0 Å². The summed E-state index contributed by atoms with van der Waals surface area (Å²) >= 11 is 0. The Hall–Kier alpha value is -2.08. The Morgan fingerprint density at radius 2 is 2.12 bits per heavy atom. The van der Waals surface area contributed by atoms with E-state index in [0.717, 1.165) is 29.8 Å². The van der Waals surface area contributed by atoms with Gasteiger partial charge in [0.2, 0.25) is 5.91 Å². The minimum atomic E-state index is 0.182. The van der Waals surface area contributed by atoms with Gasteiger partial charge >= 0.3 is 0 Å². The number of hydrogen-bond donors (Lipinski definition) is 2. The van der Waals surface area contributed by atoms with Gasteiger partial charge in [-0.15, -0.1) is 0 Å². The summed E-state index contributed by atoms with van der Waals surface area (Å²) in [6.07, 6.45) is 4.42. The molecule has 134 valence electrons. The molecule has 1 saturated carbocycles. The summed E-state index contributed by atoms with van der Waals surface area (Å²) in [4.78, 5) is 21.0. The Morgan fingerprint density at radius 3 is 2.92 bits per heavy atom. The lowest BCUT2D eigenvalue weighted by Crippen LogP contribution is -2.47. The fraction of sp³-hybridized carbons (Fsp3) is 0.579. The van der Waals surface area contributed by atoms with Gasteiger partial charge in [0.1, 0.15) is 0 Å². The van der Waals surface area contributed by atoms with Crippen LogP contribution in [0, 0.1) is 0 Å². The number of carbonyl (C=O) groups excluding carboxylic acids is 1. The molecule has 2 fully saturated rings. The lowest BCUT2D eigenvalue weighted by Gasteiger charge is -2.21. The fourth-order valence-electron chi connectivity index (χ4n) is 3.91. The third-order valence-electron chi connectivity index (χ3n) is 5.40. The highest BCUT2D eigenvalue weighted by atomic mass is 16.2. The van der Waals surface area contributed by atoms with Crippen molar-refractivity contribution in [3.05, 3.63) is 29.8 Å². The smallest absolute Gasteiger partial charge is 0.231 e. The second-order valence-electron chi connectivity index (χ2n) is 7.21. The van der Waals surface area contributed by atoms with Crippen LogP contribution in [0.15, 0.2) is 29.3 Å². The van der Waals surface area contributed by atoms with Crippen LogP contribution in [-0.2, 0) is 11.2 Å². The van der Waals surface area contributed by atoms with E-state index >= 15 is 0 Å². The van der Waals surface area contributed by atoms with Gasteiger partial charge in [0.15, 0.2) is 5.96 Å². The van der Waals surface area contributed by atoms with Crippen molar-refractivity contribution >= 4 is 17.6 Å². The zero-order valence-electron chi connectivity index (χ0n) is 14.9. The van der Waals surface area contributed by atoms with E-state index in [1.807, 2.05) is 29.2 Å². The van der Waals surface area contributed by atoms with Gasteiger partial charge in [-0.1, -0.05) is 18.2 Å². The first-order chi connectivity index (χ1) is 12.2. The molecule has 1 aromatic carbocycles. The SMILES string of the molecule is CN=C(NCCN1C(=O)Cc2ccccc21)NC1CCN(C2CC2)C1. The van der Waals surface area contributed by atoms with Crippen LogP contribution in [0.1, 0.15) is 24.8 Å². The maximum atomic E-state index is 12.2. The molecule has 0 spiro atoms. The molecule has 6 heteroatoms. The molecule has 0 aromatic heterocycles. The van der Waals surface area contributed by atoms with Gasteiger partial charge in [-0.3, -0.25) is 14.7 Å². The molecule has 1 atom stereocenters. The number of nitrogens with one attached hydrogen (secondary N) is 2. The predicted molar refractivity (Wildman–Crippen MR) is 100.0 cm³/mol. The molecule has 25 heavy (non-hydrogen) atoms. The van der Waals surface area contributed by atoms with Crippen LogP contribution >= 0.6 is 0 Å². The number of benzene rings is 1. The van der Waals surface area contributed by atoms with Gasteiger partial charge in [-0.05, 0) is 30.9 Å². The van der Waals surface area contributed by atoms with E-state index in [1.54, 1.807) is 7.05 Å². The van der Waals surface area contributed by atoms with Crippen molar-refractivity contribution < 1.29 is 4.79 Å². The molecule has 2 N–H and O–H groups in total. The minimum Gasteiger partial charge on any atom is -0.355 e. The van der Waals surface area contributed by atoms with Crippen LogP contribution in [-0.4, -0.2) is 62.1 Å². The van der Waals surface area contributed by atoms with E-state index in [0.29, 0.717) is 25.6 Å². The van der Waals surface area contributed by atoms with Crippen LogP contribution in [0.25, 0.3) is 0 Å². The number of fused-ring (bicyclic) bond motifs is 1. The molecule has 1 unspecified atom stereocenters. The fourth-order valence-corrected chi connectivity index (χ4v) is 3.91. The number of para-hydroxylation sites is 1. The lowest BCUT2D eigenvalue weighted by molar-refractivity contribution is -0.117. The molecular formula is C19H27N5O. The van der Waals surface area contributed by atoms with E-state index < -0.39 is 0 Å². The topological polar surface area (TPSA) is 60.0 Å². The zero-order valence-corrected chi connectivity index (χ0v) is 14.9. The quantitative estimate of drug-likeness (QED) is 0.619. The molecule has 1 aliphatic carbocycles. The molecule has 3 aliphatic rings. The van der Waals surface area contributed by atoms with Crippen molar-refractivity contribution in [2.45, 2.75) is 37.8 Å². The molecule has 0 radical (unpaired) electrons. The highest BCUT2D eigenvalue weighted by Gasteiger charge is 2.34. The summed E-state index contributed by atoms with van der Waals surface area (Å²) in [5, 5.41) is 6.89. The van der Waals surface area contributed by atoms with Gasteiger partial charge < -0.3 is 15.5 Å². The summed E-state index contributed by atoms with van der Waals surface area (Å²) in [6.45, 7) is 3.66. The van der Waals surface area contributed by atoms with Gasteiger partial charge in [-0.25, -0.2) is 0 Å². The van der Waals surface area contributed by atoms with Gasteiger partial charge in [0.25, 0.3) is 0 Å². The van der Waals surface area contributed by atoms with Crippen molar-refractivity contribution in [1.82, 2.24) is 15.5 Å². The summed E-state index contributed by atoms with van der Waals surface area (Å²) in [6, 6.07) is 9.35. The summed E-state index contributed by atoms with van der Waals surface area (Å²) in [5.41, 5.74) is 2.18. The monoisotopic (exact) mass is 341 g/mol. The Morgan fingerprint density at radius 1 is 1.28 bits per heavy atom. The van der Waals surface area contributed by atoms with E-state index in [4.69, 9.17) is 0 Å². The second kappa shape index (κ2) is 7.04. The molecule has 2 aliphatic heterocycles. The summed E-state index contributed by atoms with van der Waals surface area (Å²) in [7, 11) is 1.80. The molecule has 4 rings (SSSR count). The van der Waals surface area contributed by atoms with Crippen LogP contribution in [0.4, 0.5) is 5.69 Å². The number of nitrogens with zero attached hydrogens (tertiary/aromatic N) is 3. The Bertz CT molecular complexity index is 670. The Labute approximate surface area is 149 Å². The average molecular weight is 341 g/mol. The zero-order chi connectivity index (χ0) is 17.2. The van der Waals surface area contributed by atoms with E-state index in [-0.39, 0.29) is 5.91 Å². The second-order valence-corrected chi connectivity index (χ2v) is 7.21. The van der Waals surface area contributed by atoms with Crippen LogP contribution in [0.5, 0.6) is 0 Å². The number of anilines is 1. The largest absolute Gasteiger partial charge is 0.355 e. The van der Waals surface area contributed by atoms with Crippen LogP contribution < -0.4 is 15.5 Å². The van der Waals surface area contributed by atoms with Crippen molar-refractivity contribution in [1.29, 1.82) is 0 Å². The first kappa shape index (κ1) is 16.4. The van der Waals surface area contributed by atoms with Crippen molar-refractivity contribution in [3.8, 4) is 0 Å². The van der Waals surface area contributed by atoms with E-state index in [9.17, 15) is 4.79 Å². The average Bonchev–Trinajstić information content (AvgIpc) is 3.29. The predicted octanol–water partition coefficient (Wildman–Crippen LogP) is 0.977.